The predicted molar refractivity (Wildman–Crippen MR) is 111 cm³/mol. The fourth-order valence-corrected chi connectivity index (χ4v) is 3.29. The van der Waals surface area contributed by atoms with Crippen molar-refractivity contribution >= 4 is 46.7 Å². The molecule has 0 spiro atoms. The normalized spacial score (nSPS) is 10.5. The van der Waals surface area contributed by atoms with Crippen molar-refractivity contribution in [1.29, 1.82) is 0 Å². The van der Waals surface area contributed by atoms with E-state index in [-0.39, 0.29) is 45.9 Å². The van der Waals surface area contributed by atoms with Crippen LogP contribution >= 0.6 is 22.9 Å². The molecule has 33 heavy (non-hydrogen) atoms. The molecular formula is C19H18ClF3N2O7S. The Morgan fingerprint density at radius 2 is 1.76 bits per heavy atom. The van der Waals surface area contributed by atoms with Crippen LogP contribution in [0.4, 0.5) is 13.2 Å². The number of phenols is 1. The summed E-state index contributed by atoms with van der Waals surface area (Å²) < 4.78 is 36.2. The number of ether oxygens (including phenoxy) is 1. The van der Waals surface area contributed by atoms with Gasteiger partial charge in [-0.1, -0.05) is 23.7 Å². The summed E-state index contributed by atoms with van der Waals surface area (Å²) in [6.07, 6.45) is -5.04. The highest BCUT2D eigenvalue weighted by Gasteiger charge is 2.38. The van der Waals surface area contributed by atoms with Crippen LogP contribution in [0.15, 0.2) is 30.3 Å². The number of carbonyl (C=O) groups excluding carboxylic acids is 3. The zero-order valence-corrected chi connectivity index (χ0v) is 18.4. The van der Waals surface area contributed by atoms with E-state index in [9.17, 15) is 32.7 Å². The number of esters is 1. The average molecular weight is 511 g/mol. The molecule has 1 heterocycles. The molecule has 0 radical (unpaired) electrons. The zero-order valence-electron chi connectivity index (χ0n) is 16.9. The van der Waals surface area contributed by atoms with Crippen LogP contribution in [-0.4, -0.2) is 53.8 Å². The number of nitrogens with one attached hydrogen (secondary N) is 2. The third-order valence-corrected chi connectivity index (χ3v) is 5.11. The number of amides is 2. The van der Waals surface area contributed by atoms with E-state index in [1.54, 1.807) is 18.2 Å². The summed E-state index contributed by atoms with van der Waals surface area (Å²) in [7, 11) is 1.27. The first-order valence-electron chi connectivity index (χ1n) is 8.85. The molecule has 0 aliphatic rings. The maximum atomic E-state index is 12.2. The minimum absolute atomic E-state index is 0.0441. The fraction of sp³-hybridized carbons (Fsp3) is 0.263. The Morgan fingerprint density at radius 3 is 2.30 bits per heavy atom. The first-order valence-corrected chi connectivity index (χ1v) is 10.0. The number of alkyl halides is 3. The molecule has 2 amide bonds. The minimum Gasteiger partial charge on any atom is -0.508 e. The van der Waals surface area contributed by atoms with Gasteiger partial charge in [0.1, 0.15) is 10.6 Å². The lowest BCUT2D eigenvalue weighted by molar-refractivity contribution is -0.192. The van der Waals surface area contributed by atoms with Gasteiger partial charge in [0.15, 0.2) is 0 Å². The molecule has 0 aliphatic carbocycles. The number of carboxylic acid groups (broad SMARTS) is 1. The summed E-state index contributed by atoms with van der Waals surface area (Å²) in [5.74, 6) is -3.92. The van der Waals surface area contributed by atoms with Crippen LogP contribution in [0.25, 0.3) is 0 Å². The Bertz CT molecular complexity index is 1010. The first-order chi connectivity index (χ1) is 15.3. The highest BCUT2D eigenvalue weighted by atomic mass is 35.5. The largest absolute Gasteiger partial charge is 0.508 e. The smallest absolute Gasteiger partial charge is 0.490 e. The van der Waals surface area contributed by atoms with Gasteiger partial charge in [-0.2, -0.15) is 13.2 Å². The van der Waals surface area contributed by atoms with Crippen molar-refractivity contribution in [2.45, 2.75) is 19.1 Å². The van der Waals surface area contributed by atoms with Crippen molar-refractivity contribution in [3.63, 3.8) is 0 Å². The van der Waals surface area contributed by atoms with E-state index in [1.165, 1.54) is 19.2 Å². The van der Waals surface area contributed by atoms with E-state index < -0.39 is 24.0 Å². The van der Waals surface area contributed by atoms with Gasteiger partial charge >= 0.3 is 18.1 Å². The van der Waals surface area contributed by atoms with E-state index in [0.29, 0.717) is 0 Å². The quantitative estimate of drug-likeness (QED) is 0.419. The van der Waals surface area contributed by atoms with Crippen LogP contribution < -0.4 is 10.6 Å². The fourth-order valence-electron chi connectivity index (χ4n) is 2.03. The van der Waals surface area contributed by atoms with Crippen LogP contribution in [0.5, 0.6) is 5.75 Å². The maximum Gasteiger partial charge on any atom is 0.490 e. The van der Waals surface area contributed by atoms with Crippen LogP contribution in [-0.2, 0) is 20.9 Å². The molecule has 9 nitrogen and oxygen atoms in total. The standard InChI is InChI=1S/C17H17ClN2O5S.C2HF3O2/c1-25-14(22)5-6-19-17(24)15-12(18)8-13(26-15)16(23)20-9-10-3-2-4-11(21)7-10;3-2(4,5)1(6)7/h2-4,7-8,21H,5-6,9H2,1H3,(H,19,24)(H,20,23);(H,6,7). The Labute approximate surface area is 194 Å². The van der Waals surface area contributed by atoms with Crippen molar-refractivity contribution in [2.24, 2.45) is 0 Å². The summed E-state index contributed by atoms with van der Waals surface area (Å²) in [6, 6.07) is 7.94. The highest BCUT2D eigenvalue weighted by molar-refractivity contribution is 7.16. The topological polar surface area (TPSA) is 142 Å². The van der Waals surface area contributed by atoms with Gasteiger partial charge in [0.25, 0.3) is 11.8 Å². The SMILES string of the molecule is COC(=O)CCNC(=O)c1sc(C(=O)NCc2cccc(O)c2)cc1Cl.O=C(O)C(F)(F)F. The summed E-state index contributed by atoms with van der Waals surface area (Å²) in [4.78, 5) is 44.7. The Balaban J connectivity index is 0.000000675. The predicted octanol–water partition coefficient (Wildman–Crippen LogP) is 2.96. The van der Waals surface area contributed by atoms with Gasteiger partial charge < -0.3 is 25.6 Å². The van der Waals surface area contributed by atoms with Gasteiger partial charge in [-0.25, -0.2) is 4.79 Å². The number of benzene rings is 1. The Kier molecular flexibility index (Phi) is 10.6. The molecule has 0 bridgehead atoms. The van der Waals surface area contributed by atoms with Gasteiger partial charge in [0.05, 0.1) is 23.4 Å². The first kappa shape index (κ1) is 27.7. The number of carboxylic acids is 1. The molecule has 2 aromatic rings. The molecule has 1 aromatic carbocycles. The summed E-state index contributed by atoms with van der Waals surface area (Å²) in [5, 5.41) is 21.9. The van der Waals surface area contributed by atoms with E-state index in [2.05, 4.69) is 15.4 Å². The molecule has 14 heteroatoms. The van der Waals surface area contributed by atoms with Crippen molar-refractivity contribution in [2.75, 3.05) is 13.7 Å². The summed E-state index contributed by atoms with van der Waals surface area (Å²) >= 11 is 6.99. The van der Waals surface area contributed by atoms with Crippen molar-refractivity contribution in [1.82, 2.24) is 10.6 Å². The van der Waals surface area contributed by atoms with Crippen molar-refractivity contribution < 1.29 is 47.3 Å². The van der Waals surface area contributed by atoms with E-state index >= 15 is 0 Å². The average Bonchev–Trinajstić information content (AvgIpc) is 3.13. The van der Waals surface area contributed by atoms with Gasteiger partial charge in [-0.05, 0) is 23.8 Å². The van der Waals surface area contributed by atoms with Crippen molar-refractivity contribution in [3.8, 4) is 5.75 Å². The number of hydrogen-bond acceptors (Lipinski definition) is 7. The number of aliphatic carboxylic acids is 1. The number of halogens is 4. The Morgan fingerprint density at radius 1 is 1.12 bits per heavy atom. The van der Waals surface area contributed by atoms with E-state index in [1.807, 2.05) is 0 Å². The molecular weight excluding hydrogens is 493 g/mol. The number of carbonyl (C=O) groups is 4. The third kappa shape index (κ3) is 9.78. The minimum atomic E-state index is -5.08. The van der Waals surface area contributed by atoms with Crippen molar-refractivity contribution in [3.05, 3.63) is 50.7 Å². The summed E-state index contributed by atoms with van der Waals surface area (Å²) in [5.41, 5.74) is 0.738. The summed E-state index contributed by atoms with van der Waals surface area (Å²) in [6.45, 7) is 0.335. The molecule has 1 aromatic heterocycles. The van der Waals surface area contributed by atoms with Crippen LogP contribution in [0.2, 0.25) is 5.02 Å². The number of methoxy groups -OCH3 is 1. The van der Waals surface area contributed by atoms with Crippen LogP contribution in [0, 0.1) is 0 Å². The van der Waals surface area contributed by atoms with E-state index in [4.69, 9.17) is 21.5 Å². The molecule has 0 saturated heterocycles. The second-order valence-electron chi connectivity index (χ2n) is 6.03. The van der Waals surface area contributed by atoms with E-state index in [0.717, 1.165) is 16.9 Å². The van der Waals surface area contributed by atoms with Gasteiger partial charge in [0.2, 0.25) is 0 Å². The molecule has 0 saturated carbocycles. The third-order valence-electron chi connectivity index (χ3n) is 3.57. The van der Waals surface area contributed by atoms with Gasteiger partial charge in [-0.15, -0.1) is 11.3 Å². The van der Waals surface area contributed by atoms with Gasteiger partial charge in [-0.3, -0.25) is 14.4 Å². The molecule has 0 aliphatic heterocycles. The Hall–Kier alpha value is -3.32. The number of aromatic hydroxyl groups is 1. The second kappa shape index (κ2) is 12.6. The zero-order chi connectivity index (χ0) is 25.2. The lowest BCUT2D eigenvalue weighted by Crippen LogP contribution is -2.25. The molecule has 2 rings (SSSR count). The second-order valence-corrected chi connectivity index (χ2v) is 7.48. The molecule has 4 N–H and O–H groups in total. The molecule has 0 atom stereocenters. The number of phenolic OH excluding ortho intramolecular Hbond substituents is 1. The highest BCUT2D eigenvalue weighted by Crippen LogP contribution is 2.27. The monoisotopic (exact) mass is 510 g/mol. The number of hydrogen-bond donors (Lipinski definition) is 4. The molecule has 0 unspecified atom stereocenters. The van der Waals surface area contributed by atoms with Gasteiger partial charge in [0, 0.05) is 13.1 Å². The molecule has 0 fully saturated rings. The van der Waals surface area contributed by atoms with Crippen LogP contribution in [0.3, 0.4) is 0 Å². The lowest BCUT2D eigenvalue weighted by Gasteiger charge is -2.04. The van der Waals surface area contributed by atoms with Crippen LogP contribution in [0.1, 0.15) is 31.3 Å². The number of thiophene rings is 1. The maximum absolute atomic E-state index is 12.2. The number of rotatable bonds is 7. The molecule has 180 valence electrons. The lowest BCUT2D eigenvalue weighted by atomic mass is 10.2.